The van der Waals surface area contributed by atoms with Crippen molar-refractivity contribution >= 4 is 11.0 Å². The van der Waals surface area contributed by atoms with E-state index >= 15 is 0 Å². The molecule has 0 saturated heterocycles. The van der Waals surface area contributed by atoms with E-state index in [1.807, 2.05) is 41.3 Å². The number of hydrogen-bond acceptors (Lipinski definition) is 4. The Morgan fingerprint density at radius 1 is 1.17 bits per heavy atom. The molecule has 4 aromatic rings. The standard InChI is InChI=1S/C17H15N5O/c1-23-15-7-8-18-17-16(15)13(9-19-17)14-11-22(21-20-14)10-12-5-3-2-4-6-12/h2-9,11H,10H2,1H3,(H,18,19). The fraction of sp³-hybridized carbons (Fsp3) is 0.118. The third-order valence-corrected chi connectivity index (χ3v) is 3.76. The van der Waals surface area contributed by atoms with Crippen LogP contribution in [0, 0.1) is 0 Å². The summed E-state index contributed by atoms with van der Waals surface area (Å²) in [5.74, 6) is 0.767. The lowest BCUT2D eigenvalue weighted by Gasteiger charge is -2.02. The molecule has 1 N–H and O–H groups in total. The monoisotopic (exact) mass is 305 g/mol. The summed E-state index contributed by atoms with van der Waals surface area (Å²) in [5, 5.41) is 9.43. The number of hydrogen-bond donors (Lipinski definition) is 1. The number of methoxy groups -OCH3 is 1. The van der Waals surface area contributed by atoms with Gasteiger partial charge in [0, 0.05) is 18.0 Å². The zero-order chi connectivity index (χ0) is 15.6. The largest absolute Gasteiger partial charge is 0.496 e. The van der Waals surface area contributed by atoms with E-state index in [0.29, 0.717) is 6.54 Å². The number of H-pyrrole nitrogens is 1. The molecule has 0 radical (unpaired) electrons. The molecule has 0 spiro atoms. The second-order valence-electron chi connectivity index (χ2n) is 5.23. The highest BCUT2D eigenvalue weighted by atomic mass is 16.5. The van der Waals surface area contributed by atoms with Gasteiger partial charge in [-0.15, -0.1) is 5.10 Å². The van der Waals surface area contributed by atoms with Crippen molar-refractivity contribution < 1.29 is 4.74 Å². The minimum Gasteiger partial charge on any atom is -0.496 e. The fourth-order valence-corrected chi connectivity index (χ4v) is 2.67. The van der Waals surface area contributed by atoms with Gasteiger partial charge in [0.1, 0.15) is 17.1 Å². The topological polar surface area (TPSA) is 68.6 Å². The van der Waals surface area contributed by atoms with Crippen molar-refractivity contribution in [3.8, 4) is 17.0 Å². The maximum absolute atomic E-state index is 5.44. The van der Waals surface area contributed by atoms with Gasteiger partial charge in [-0.25, -0.2) is 9.67 Å². The van der Waals surface area contributed by atoms with Gasteiger partial charge in [0.25, 0.3) is 0 Å². The van der Waals surface area contributed by atoms with Crippen molar-refractivity contribution in [2.75, 3.05) is 7.11 Å². The molecule has 0 fully saturated rings. The van der Waals surface area contributed by atoms with Crippen LogP contribution in [0.15, 0.2) is 55.0 Å². The quantitative estimate of drug-likeness (QED) is 0.629. The second kappa shape index (κ2) is 5.57. The van der Waals surface area contributed by atoms with Crippen molar-refractivity contribution in [1.29, 1.82) is 0 Å². The van der Waals surface area contributed by atoms with Gasteiger partial charge in [0.05, 0.1) is 25.2 Å². The summed E-state index contributed by atoms with van der Waals surface area (Å²) in [6.45, 7) is 0.686. The number of nitrogens with zero attached hydrogens (tertiary/aromatic N) is 4. The third kappa shape index (κ3) is 2.44. The molecule has 0 atom stereocenters. The second-order valence-corrected chi connectivity index (χ2v) is 5.23. The van der Waals surface area contributed by atoms with Gasteiger partial charge in [-0.2, -0.15) is 0 Å². The minimum atomic E-state index is 0.686. The maximum Gasteiger partial charge on any atom is 0.141 e. The predicted octanol–water partition coefficient (Wildman–Crippen LogP) is 2.88. The van der Waals surface area contributed by atoms with Crippen molar-refractivity contribution in [3.63, 3.8) is 0 Å². The molecule has 0 unspecified atom stereocenters. The minimum absolute atomic E-state index is 0.686. The van der Waals surface area contributed by atoms with Crippen LogP contribution in [0.4, 0.5) is 0 Å². The third-order valence-electron chi connectivity index (χ3n) is 3.76. The summed E-state index contributed by atoms with van der Waals surface area (Å²) in [4.78, 5) is 7.47. The number of aromatic nitrogens is 5. The molecule has 0 amide bonds. The Kier molecular flexibility index (Phi) is 3.27. The average molecular weight is 305 g/mol. The van der Waals surface area contributed by atoms with Crippen molar-refractivity contribution in [2.45, 2.75) is 6.54 Å². The summed E-state index contributed by atoms with van der Waals surface area (Å²) in [6.07, 6.45) is 5.53. The molecule has 0 saturated carbocycles. The van der Waals surface area contributed by atoms with E-state index in [9.17, 15) is 0 Å². The van der Waals surface area contributed by atoms with Crippen molar-refractivity contribution in [3.05, 3.63) is 60.6 Å². The van der Waals surface area contributed by atoms with E-state index < -0.39 is 0 Å². The lowest BCUT2D eigenvalue weighted by Crippen LogP contribution is -1.99. The molecule has 0 aliphatic rings. The number of nitrogens with one attached hydrogen (secondary N) is 1. The van der Waals surface area contributed by atoms with Gasteiger partial charge in [0.15, 0.2) is 0 Å². The molecule has 3 heterocycles. The lowest BCUT2D eigenvalue weighted by molar-refractivity contribution is 0.419. The first-order chi connectivity index (χ1) is 11.3. The van der Waals surface area contributed by atoms with Gasteiger partial charge in [-0.3, -0.25) is 0 Å². The molecular weight excluding hydrogens is 290 g/mol. The van der Waals surface area contributed by atoms with Gasteiger partial charge in [-0.1, -0.05) is 35.5 Å². The maximum atomic E-state index is 5.44. The number of rotatable bonds is 4. The van der Waals surface area contributed by atoms with Gasteiger partial charge >= 0.3 is 0 Å². The molecule has 1 aromatic carbocycles. The lowest BCUT2D eigenvalue weighted by atomic mass is 10.1. The SMILES string of the molecule is COc1ccnc2[nH]cc(-c3cn(Cc4ccccc4)nn3)c12. The zero-order valence-electron chi connectivity index (χ0n) is 12.6. The summed E-state index contributed by atoms with van der Waals surface area (Å²) in [7, 11) is 1.65. The Morgan fingerprint density at radius 3 is 2.87 bits per heavy atom. The number of ether oxygens (including phenoxy) is 1. The molecular formula is C17H15N5O. The highest BCUT2D eigenvalue weighted by Gasteiger charge is 2.14. The first-order valence-electron chi connectivity index (χ1n) is 7.29. The normalized spacial score (nSPS) is 11.0. The average Bonchev–Trinajstić information content (AvgIpc) is 3.22. The van der Waals surface area contributed by atoms with Gasteiger partial charge in [-0.05, 0) is 11.6 Å². The first kappa shape index (κ1) is 13.5. The summed E-state index contributed by atoms with van der Waals surface area (Å²) in [5.41, 5.74) is 3.68. The number of pyridine rings is 1. The van der Waals surface area contributed by atoms with Crippen LogP contribution < -0.4 is 4.74 Å². The number of benzene rings is 1. The number of aromatic amines is 1. The van der Waals surface area contributed by atoms with Crippen molar-refractivity contribution in [2.24, 2.45) is 0 Å². The Labute approximate surface area is 132 Å². The Morgan fingerprint density at radius 2 is 2.04 bits per heavy atom. The van der Waals surface area contributed by atoms with Crippen molar-refractivity contribution in [1.82, 2.24) is 25.0 Å². The van der Waals surface area contributed by atoms with Crippen LogP contribution in [0.3, 0.4) is 0 Å². The molecule has 6 heteroatoms. The van der Waals surface area contributed by atoms with Gasteiger partial charge in [0.2, 0.25) is 0 Å². The molecule has 23 heavy (non-hydrogen) atoms. The smallest absolute Gasteiger partial charge is 0.141 e. The summed E-state index contributed by atoms with van der Waals surface area (Å²) >= 11 is 0. The van der Waals surface area contributed by atoms with Crippen LogP contribution in [0.2, 0.25) is 0 Å². The Bertz CT molecular complexity index is 942. The summed E-state index contributed by atoms with van der Waals surface area (Å²) in [6, 6.07) is 12.0. The molecule has 0 aliphatic heterocycles. The molecule has 0 bridgehead atoms. The van der Waals surface area contributed by atoms with Crippen LogP contribution in [-0.2, 0) is 6.54 Å². The van der Waals surface area contributed by atoms with Crippen LogP contribution in [0.1, 0.15) is 5.56 Å². The highest BCUT2D eigenvalue weighted by molar-refractivity contribution is 5.96. The van der Waals surface area contributed by atoms with Crippen LogP contribution in [-0.4, -0.2) is 32.1 Å². The van der Waals surface area contributed by atoms with E-state index in [4.69, 9.17) is 4.74 Å². The zero-order valence-corrected chi connectivity index (χ0v) is 12.6. The molecule has 114 valence electrons. The molecule has 4 rings (SSSR count). The predicted molar refractivity (Wildman–Crippen MR) is 87.2 cm³/mol. The van der Waals surface area contributed by atoms with E-state index in [1.165, 1.54) is 5.56 Å². The summed E-state index contributed by atoms with van der Waals surface area (Å²) < 4.78 is 7.26. The molecule has 6 nitrogen and oxygen atoms in total. The van der Waals surface area contributed by atoms with Crippen LogP contribution in [0.25, 0.3) is 22.3 Å². The fourth-order valence-electron chi connectivity index (χ4n) is 2.67. The molecule has 3 aromatic heterocycles. The first-order valence-corrected chi connectivity index (χ1v) is 7.29. The number of fused-ring (bicyclic) bond motifs is 1. The van der Waals surface area contributed by atoms with E-state index in [1.54, 1.807) is 13.3 Å². The van der Waals surface area contributed by atoms with Gasteiger partial charge < -0.3 is 9.72 Å². The van der Waals surface area contributed by atoms with Crippen LogP contribution >= 0.6 is 0 Å². The van der Waals surface area contributed by atoms with E-state index in [0.717, 1.165) is 28.0 Å². The highest BCUT2D eigenvalue weighted by Crippen LogP contribution is 2.32. The Balaban J connectivity index is 1.72. The van der Waals surface area contributed by atoms with E-state index in [2.05, 4.69) is 32.4 Å². The Hall–Kier alpha value is -3.15. The van der Waals surface area contributed by atoms with E-state index in [-0.39, 0.29) is 0 Å². The molecule has 0 aliphatic carbocycles. The van der Waals surface area contributed by atoms with Crippen LogP contribution in [0.5, 0.6) is 5.75 Å².